The largest absolute Gasteiger partial charge is 0.507 e. The summed E-state index contributed by atoms with van der Waals surface area (Å²) >= 11 is 0. The molecule has 1 aliphatic carbocycles. The smallest absolute Gasteiger partial charge is 0.252 e. The Kier molecular flexibility index (Phi) is 9.58. The van der Waals surface area contributed by atoms with Crippen LogP contribution in [0.15, 0.2) is 42.5 Å². The molecule has 1 heterocycles. The number of nitrogens with zero attached hydrogens (tertiary/aromatic N) is 3. The van der Waals surface area contributed by atoms with E-state index < -0.39 is 5.91 Å². The van der Waals surface area contributed by atoms with Gasteiger partial charge in [-0.15, -0.1) is 0 Å². The van der Waals surface area contributed by atoms with Crippen LogP contribution in [0.5, 0.6) is 5.75 Å². The fourth-order valence-electron chi connectivity index (χ4n) is 5.74. The summed E-state index contributed by atoms with van der Waals surface area (Å²) in [5.41, 5.74) is 17.3. The summed E-state index contributed by atoms with van der Waals surface area (Å²) in [7, 11) is 0. The van der Waals surface area contributed by atoms with Gasteiger partial charge in [0, 0.05) is 38.3 Å². The SMILES string of the molecule is CCCCn1c(-c2ccccc2C)nc(CN)c1CN(Cc1ccc(C(N)=O)c(O)c1)CC1CCCCC1. The van der Waals surface area contributed by atoms with E-state index in [4.69, 9.17) is 16.5 Å². The van der Waals surface area contributed by atoms with E-state index in [1.807, 2.05) is 6.07 Å². The maximum atomic E-state index is 11.6. The van der Waals surface area contributed by atoms with E-state index in [0.717, 1.165) is 55.1 Å². The molecule has 1 aromatic heterocycles. The molecule has 204 valence electrons. The van der Waals surface area contributed by atoms with Crippen molar-refractivity contribution >= 4 is 5.91 Å². The van der Waals surface area contributed by atoms with Gasteiger partial charge in [0.2, 0.25) is 0 Å². The Morgan fingerprint density at radius 3 is 2.55 bits per heavy atom. The number of aromatic nitrogens is 2. The molecule has 3 aromatic rings. The minimum atomic E-state index is -0.621. The van der Waals surface area contributed by atoms with Crippen LogP contribution in [-0.4, -0.2) is 32.0 Å². The molecule has 0 bridgehead atoms. The van der Waals surface area contributed by atoms with Crippen LogP contribution in [0.25, 0.3) is 11.4 Å². The van der Waals surface area contributed by atoms with E-state index in [1.165, 1.54) is 43.4 Å². The topological polar surface area (TPSA) is 110 Å². The zero-order chi connectivity index (χ0) is 27.1. The van der Waals surface area contributed by atoms with E-state index in [-0.39, 0.29) is 11.3 Å². The van der Waals surface area contributed by atoms with E-state index >= 15 is 0 Å². The van der Waals surface area contributed by atoms with Gasteiger partial charge < -0.3 is 21.1 Å². The molecule has 0 radical (unpaired) electrons. The van der Waals surface area contributed by atoms with Crippen molar-refractivity contribution in [1.82, 2.24) is 14.5 Å². The van der Waals surface area contributed by atoms with Gasteiger partial charge in [-0.2, -0.15) is 0 Å². The molecule has 1 saturated carbocycles. The highest BCUT2D eigenvalue weighted by Gasteiger charge is 2.24. The number of carbonyl (C=O) groups is 1. The van der Waals surface area contributed by atoms with E-state index in [0.29, 0.717) is 19.0 Å². The molecule has 4 rings (SSSR count). The molecule has 0 spiro atoms. The number of amides is 1. The highest BCUT2D eigenvalue weighted by Crippen LogP contribution is 2.30. The number of nitrogens with two attached hydrogens (primary N) is 2. The zero-order valence-corrected chi connectivity index (χ0v) is 23.0. The number of aromatic hydroxyl groups is 1. The van der Waals surface area contributed by atoms with Gasteiger partial charge in [0.15, 0.2) is 0 Å². The average molecular weight is 518 g/mol. The Morgan fingerprint density at radius 2 is 1.89 bits per heavy atom. The number of aryl methyl sites for hydroxylation is 1. The number of primary amides is 1. The molecule has 1 fully saturated rings. The molecule has 1 aliphatic rings. The van der Waals surface area contributed by atoms with Gasteiger partial charge in [-0.05, 0) is 55.4 Å². The molecule has 1 amide bonds. The van der Waals surface area contributed by atoms with Crippen molar-refractivity contribution in [2.75, 3.05) is 6.54 Å². The fraction of sp³-hybridized carbons (Fsp3) is 0.484. The first-order chi connectivity index (χ1) is 18.4. The summed E-state index contributed by atoms with van der Waals surface area (Å²) in [6.07, 6.45) is 8.54. The molecule has 7 heteroatoms. The quantitative estimate of drug-likeness (QED) is 0.294. The summed E-state index contributed by atoms with van der Waals surface area (Å²) in [4.78, 5) is 19.2. The Labute approximate surface area is 226 Å². The van der Waals surface area contributed by atoms with Gasteiger partial charge in [-0.3, -0.25) is 9.69 Å². The summed E-state index contributed by atoms with van der Waals surface area (Å²) in [6, 6.07) is 13.6. The zero-order valence-electron chi connectivity index (χ0n) is 23.0. The van der Waals surface area contributed by atoms with Gasteiger partial charge in [-0.1, -0.05) is 62.9 Å². The number of hydrogen-bond acceptors (Lipinski definition) is 5. The lowest BCUT2D eigenvalue weighted by atomic mass is 9.89. The maximum absolute atomic E-state index is 11.6. The number of hydrogen-bond donors (Lipinski definition) is 3. The Bertz CT molecular complexity index is 1230. The standard InChI is InChI=1S/C31H43N5O2/c1-3-4-16-36-28(27(18-32)34-31(36)25-13-9-8-10-22(25)2)21-35(19-23-11-6-5-7-12-23)20-24-14-15-26(30(33)38)29(37)17-24/h8-10,13-15,17,23,37H,3-7,11-12,16,18-21,32H2,1-2H3,(H2,33,38). The Balaban J connectivity index is 1.70. The van der Waals surface area contributed by atoms with Crippen molar-refractivity contribution < 1.29 is 9.90 Å². The third-order valence-electron chi connectivity index (χ3n) is 7.82. The van der Waals surface area contributed by atoms with E-state index in [2.05, 4.69) is 47.6 Å². The molecule has 5 N–H and O–H groups in total. The number of unbranched alkanes of at least 4 members (excludes halogenated alkanes) is 1. The number of benzene rings is 2. The second kappa shape index (κ2) is 13.1. The Hall–Kier alpha value is -3.16. The first-order valence-corrected chi connectivity index (χ1v) is 14.1. The lowest BCUT2D eigenvalue weighted by Crippen LogP contribution is -2.31. The van der Waals surface area contributed by atoms with Crippen molar-refractivity contribution in [3.63, 3.8) is 0 Å². The third kappa shape index (κ3) is 6.63. The average Bonchev–Trinajstić information content (AvgIpc) is 3.24. The third-order valence-corrected chi connectivity index (χ3v) is 7.82. The monoisotopic (exact) mass is 517 g/mol. The second-order valence-corrected chi connectivity index (χ2v) is 10.7. The van der Waals surface area contributed by atoms with Crippen LogP contribution < -0.4 is 11.5 Å². The van der Waals surface area contributed by atoms with Crippen LogP contribution in [0.1, 0.15) is 84.7 Å². The summed E-state index contributed by atoms with van der Waals surface area (Å²) in [5, 5.41) is 10.4. The van der Waals surface area contributed by atoms with Crippen molar-refractivity contribution in [2.45, 2.75) is 85.0 Å². The molecule has 2 aromatic carbocycles. The lowest BCUT2D eigenvalue weighted by molar-refractivity contribution is 0.0997. The number of carbonyl (C=O) groups excluding carboxylic acids is 1. The minimum Gasteiger partial charge on any atom is -0.507 e. The van der Waals surface area contributed by atoms with Gasteiger partial charge in [0.25, 0.3) is 5.91 Å². The van der Waals surface area contributed by atoms with Crippen molar-refractivity contribution in [2.24, 2.45) is 17.4 Å². The Morgan fingerprint density at radius 1 is 1.13 bits per heavy atom. The lowest BCUT2D eigenvalue weighted by Gasteiger charge is -2.30. The van der Waals surface area contributed by atoms with Crippen LogP contribution >= 0.6 is 0 Å². The highest BCUT2D eigenvalue weighted by atomic mass is 16.3. The normalized spacial score (nSPS) is 14.3. The van der Waals surface area contributed by atoms with Crippen LogP contribution in [-0.2, 0) is 26.2 Å². The molecule has 0 aliphatic heterocycles. The molecular weight excluding hydrogens is 474 g/mol. The van der Waals surface area contributed by atoms with Gasteiger partial charge in [0.05, 0.1) is 17.0 Å². The first kappa shape index (κ1) is 27.9. The second-order valence-electron chi connectivity index (χ2n) is 10.7. The predicted octanol–water partition coefficient (Wildman–Crippen LogP) is 5.50. The highest BCUT2D eigenvalue weighted by molar-refractivity contribution is 5.95. The van der Waals surface area contributed by atoms with E-state index in [9.17, 15) is 9.90 Å². The molecule has 38 heavy (non-hydrogen) atoms. The molecular formula is C31H43N5O2. The summed E-state index contributed by atoms with van der Waals surface area (Å²) < 4.78 is 2.38. The fourth-order valence-corrected chi connectivity index (χ4v) is 5.74. The first-order valence-electron chi connectivity index (χ1n) is 14.1. The molecule has 0 saturated heterocycles. The van der Waals surface area contributed by atoms with Crippen molar-refractivity contribution in [3.05, 3.63) is 70.5 Å². The molecule has 0 unspecified atom stereocenters. The van der Waals surface area contributed by atoms with E-state index in [1.54, 1.807) is 12.1 Å². The summed E-state index contributed by atoms with van der Waals surface area (Å²) in [6.45, 7) is 7.99. The van der Waals surface area contributed by atoms with Gasteiger partial charge >= 0.3 is 0 Å². The van der Waals surface area contributed by atoms with Crippen LogP contribution in [0, 0.1) is 12.8 Å². The van der Waals surface area contributed by atoms with Crippen LogP contribution in [0.2, 0.25) is 0 Å². The maximum Gasteiger partial charge on any atom is 0.252 e. The van der Waals surface area contributed by atoms with Crippen LogP contribution in [0.3, 0.4) is 0 Å². The van der Waals surface area contributed by atoms with Gasteiger partial charge in [-0.25, -0.2) is 4.98 Å². The van der Waals surface area contributed by atoms with Crippen molar-refractivity contribution in [3.8, 4) is 17.1 Å². The number of imidazole rings is 1. The number of phenols is 1. The summed E-state index contributed by atoms with van der Waals surface area (Å²) in [5.74, 6) is 0.953. The van der Waals surface area contributed by atoms with Gasteiger partial charge in [0.1, 0.15) is 11.6 Å². The minimum absolute atomic E-state index is 0.0647. The van der Waals surface area contributed by atoms with Crippen LogP contribution in [0.4, 0.5) is 0 Å². The predicted molar refractivity (Wildman–Crippen MR) is 153 cm³/mol. The molecule has 7 nitrogen and oxygen atoms in total. The molecule has 0 atom stereocenters. The van der Waals surface area contributed by atoms with Crippen molar-refractivity contribution in [1.29, 1.82) is 0 Å². The number of rotatable bonds is 12.